The first-order valence-electron chi connectivity index (χ1n) is 29.9. The third-order valence-corrected chi connectivity index (χ3v) is 14.3. The Hall–Kier alpha value is -8.46. The number of rotatable bonds is 38. The van der Waals surface area contributed by atoms with Gasteiger partial charge in [0.25, 0.3) is 0 Å². The van der Waals surface area contributed by atoms with Gasteiger partial charge in [0.15, 0.2) is 0 Å². The van der Waals surface area contributed by atoms with Crippen LogP contribution in [0.4, 0.5) is 0 Å². The number of hydrogen-bond donors (Lipinski definition) is 3. The maximum Gasteiger partial charge on any atom is 0.338 e. The predicted molar refractivity (Wildman–Crippen MR) is 333 cm³/mol. The number of carboxylic acids is 3. The first kappa shape index (κ1) is 65.7. The summed E-state index contributed by atoms with van der Waals surface area (Å²) in [5.41, 5.74) is 6.97. The van der Waals surface area contributed by atoms with Gasteiger partial charge in [-0.1, -0.05) is 130 Å². The van der Waals surface area contributed by atoms with Crippen molar-refractivity contribution in [3.8, 4) is 23.0 Å². The van der Waals surface area contributed by atoms with Crippen molar-refractivity contribution in [3.05, 3.63) is 226 Å². The fourth-order valence-corrected chi connectivity index (χ4v) is 9.50. The number of hydrogen-bond acceptors (Lipinski definition) is 11. The largest absolute Gasteiger partial charge is 0.493 e. The molecule has 0 radical (unpaired) electrons. The number of benzene rings is 7. The third kappa shape index (κ3) is 24.7. The Labute approximate surface area is 501 Å². The number of nitrogens with zero attached hydrogens (tertiary/aromatic N) is 2. The molecule has 0 aliphatic carbocycles. The van der Waals surface area contributed by atoms with Crippen molar-refractivity contribution in [1.29, 1.82) is 0 Å². The summed E-state index contributed by atoms with van der Waals surface area (Å²) in [5, 5.41) is 27.6. The highest BCUT2D eigenvalue weighted by Gasteiger charge is 2.15. The van der Waals surface area contributed by atoms with Gasteiger partial charge in [-0.05, 0) is 165 Å². The van der Waals surface area contributed by atoms with Crippen LogP contribution in [0.2, 0.25) is 0 Å². The number of para-hydroxylation sites is 2. The number of unbranched alkanes of at least 4 members (excludes halogenated alkanes) is 7. The van der Waals surface area contributed by atoms with Crippen LogP contribution < -0.4 is 18.9 Å². The number of carboxylic acid groups (broad SMARTS) is 3. The molecule has 7 aromatic carbocycles. The molecule has 0 aliphatic heterocycles. The molecule has 0 aromatic heterocycles. The summed E-state index contributed by atoms with van der Waals surface area (Å²) in [7, 11) is 0. The monoisotopic (exact) mass is 1160 g/mol. The summed E-state index contributed by atoms with van der Waals surface area (Å²) in [6, 6.07) is 54.2. The van der Waals surface area contributed by atoms with Crippen molar-refractivity contribution < 1.29 is 58.2 Å². The maximum atomic E-state index is 11.9. The highest BCUT2D eigenvalue weighted by molar-refractivity contribution is 5.90. The van der Waals surface area contributed by atoms with E-state index in [1.54, 1.807) is 67.6 Å². The van der Waals surface area contributed by atoms with E-state index in [1.165, 1.54) is 55.4 Å². The molecule has 7 aromatic rings. The number of ether oxygens (including phenoxy) is 5. The minimum atomic E-state index is -0.973. The van der Waals surface area contributed by atoms with Gasteiger partial charge >= 0.3 is 23.9 Å². The van der Waals surface area contributed by atoms with Gasteiger partial charge in [0.2, 0.25) is 0 Å². The zero-order valence-electron chi connectivity index (χ0n) is 49.4. The molecule has 0 unspecified atom stereocenters. The zero-order chi connectivity index (χ0) is 60.3. The molecule has 0 saturated carbocycles. The number of carbonyl (C=O) groups excluding carboxylic acids is 1. The molecule has 14 nitrogen and oxygen atoms in total. The molecular formula is C71H84N2O12. The maximum absolute atomic E-state index is 11.9. The number of aromatic carboxylic acids is 3. The summed E-state index contributed by atoms with van der Waals surface area (Å²) < 4.78 is 29.3. The highest BCUT2D eigenvalue weighted by Crippen LogP contribution is 2.23. The Morgan fingerprint density at radius 2 is 0.765 bits per heavy atom. The summed E-state index contributed by atoms with van der Waals surface area (Å²) in [5.74, 6) is -0.0578. The van der Waals surface area contributed by atoms with Crippen molar-refractivity contribution >= 4 is 23.9 Å². The minimum Gasteiger partial charge on any atom is -0.493 e. The molecule has 85 heavy (non-hydrogen) atoms. The van der Waals surface area contributed by atoms with E-state index in [4.69, 9.17) is 28.8 Å². The van der Waals surface area contributed by atoms with Gasteiger partial charge in [-0.3, -0.25) is 9.80 Å². The number of esters is 1. The Morgan fingerprint density at radius 3 is 1.21 bits per heavy atom. The van der Waals surface area contributed by atoms with Gasteiger partial charge in [0.05, 0.1) is 42.1 Å². The van der Waals surface area contributed by atoms with Crippen LogP contribution in [0.25, 0.3) is 0 Å². The van der Waals surface area contributed by atoms with Crippen molar-refractivity contribution in [2.24, 2.45) is 0 Å². The van der Waals surface area contributed by atoms with Crippen LogP contribution in [-0.2, 0) is 37.1 Å². The second-order valence-corrected chi connectivity index (χ2v) is 20.8. The molecule has 0 spiro atoms. The first-order chi connectivity index (χ1) is 41.5. The molecule has 0 amide bonds. The summed E-state index contributed by atoms with van der Waals surface area (Å²) >= 11 is 0. The van der Waals surface area contributed by atoms with Gasteiger partial charge in [0, 0.05) is 39.3 Å². The SMILES string of the molecule is CCCCCCCCOc1ccccc1CCN(CCOc1ccc(C(=O)OCC)cc1)Cc1ccc(C(=O)O)cc1.O=C(O)c1ccc(CN(CCOc2ccc(C(=O)O)cc2)CCc2ccccc2OCCCCCc2ccccc2)cc1. The van der Waals surface area contributed by atoms with Crippen LogP contribution in [-0.4, -0.2) is 108 Å². The highest BCUT2D eigenvalue weighted by atomic mass is 16.5. The lowest BCUT2D eigenvalue weighted by Crippen LogP contribution is -2.30. The molecule has 7 rings (SSSR count). The minimum absolute atomic E-state index is 0.215. The fourth-order valence-electron chi connectivity index (χ4n) is 9.50. The van der Waals surface area contributed by atoms with Gasteiger partial charge in [0.1, 0.15) is 36.2 Å². The van der Waals surface area contributed by atoms with E-state index in [0.29, 0.717) is 69.7 Å². The van der Waals surface area contributed by atoms with Gasteiger partial charge < -0.3 is 39.0 Å². The summed E-state index contributed by atoms with van der Waals surface area (Å²) in [6.07, 6.45) is 13.3. The van der Waals surface area contributed by atoms with Crippen molar-refractivity contribution in [3.63, 3.8) is 0 Å². The predicted octanol–water partition coefficient (Wildman–Crippen LogP) is 14.4. The van der Waals surface area contributed by atoms with E-state index in [2.05, 4.69) is 53.1 Å². The zero-order valence-corrected chi connectivity index (χ0v) is 49.4. The molecular weight excluding hydrogens is 1070 g/mol. The summed E-state index contributed by atoms with van der Waals surface area (Å²) in [6.45, 7) is 10.8. The van der Waals surface area contributed by atoms with E-state index >= 15 is 0 Å². The van der Waals surface area contributed by atoms with Crippen molar-refractivity contribution in [1.82, 2.24) is 9.80 Å². The first-order valence-corrected chi connectivity index (χ1v) is 29.9. The van der Waals surface area contributed by atoms with Crippen LogP contribution in [0, 0.1) is 0 Å². The van der Waals surface area contributed by atoms with Crippen molar-refractivity contribution in [2.45, 2.75) is 104 Å². The average molecular weight is 1160 g/mol. The second-order valence-electron chi connectivity index (χ2n) is 20.8. The van der Waals surface area contributed by atoms with E-state index in [0.717, 1.165) is 92.8 Å². The molecule has 0 fully saturated rings. The average Bonchev–Trinajstić information content (AvgIpc) is 3.64. The third-order valence-electron chi connectivity index (χ3n) is 14.3. The normalized spacial score (nSPS) is 10.9. The van der Waals surface area contributed by atoms with Crippen LogP contribution in [0.15, 0.2) is 176 Å². The van der Waals surface area contributed by atoms with Crippen LogP contribution in [0.1, 0.15) is 141 Å². The smallest absolute Gasteiger partial charge is 0.338 e. The molecule has 0 bridgehead atoms. The Bertz CT molecular complexity index is 3040. The molecule has 450 valence electrons. The van der Waals surface area contributed by atoms with E-state index in [1.807, 2.05) is 66.7 Å². The number of aryl methyl sites for hydroxylation is 1. The second kappa shape index (κ2) is 37.7. The van der Waals surface area contributed by atoms with E-state index in [9.17, 15) is 29.4 Å². The standard InChI is InChI=1S/C36H39NO6.C35H45NO6/c38-35(39)31-16-14-29(15-17-31)27-37(24-26-42-33-20-18-32(19-21-33)36(40)41)23-22-30-12-6-7-13-34(30)43-25-8-2-5-11-28-9-3-1-4-10-28;1-3-5-6-7-8-11-25-42-33-13-10-9-12-29(33)22-23-36(27-28-14-16-30(17-15-28)34(37)38)24-26-41-32-20-18-31(19-21-32)35(39)40-4-2/h1,3-4,6-7,9-10,12-21H,2,5,8,11,22-27H2,(H,38,39)(H,40,41);9-10,12-21H,3-8,11,22-27H2,1-2H3,(H,37,38). The van der Waals surface area contributed by atoms with Gasteiger partial charge in [-0.15, -0.1) is 0 Å². The van der Waals surface area contributed by atoms with Gasteiger partial charge in [-0.25, -0.2) is 19.2 Å². The number of carbonyl (C=O) groups is 4. The lowest BCUT2D eigenvalue weighted by molar-refractivity contribution is 0.0524. The van der Waals surface area contributed by atoms with Crippen LogP contribution in [0.5, 0.6) is 23.0 Å². The van der Waals surface area contributed by atoms with Gasteiger partial charge in [-0.2, -0.15) is 0 Å². The Morgan fingerprint density at radius 1 is 0.365 bits per heavy atom. The van der Waals surface area contributed by atoms with E-state index in [-0.39, 0.29) is 22.7 Å². The molecule has 3 N–H and O–H groups in total. The van der Waals surface area contributed by atoms with Crippen molar-refractivity contribution in [2.75, 3.05) is 59.2 Å². The van der Waals surface area contributed by atoms with Crippen LogP contribution >= 0.6 is 0 Å². The Balaban J connectivity index is 0.000000272. The molecule has 0 aliphatic rings. The van der Waals surface area contributed by atoms with E-state index < -0.39 is 17.9 Å². The molecule has 0 saturated heterocycles. The van der Waals surface area contributed by atoms with Crippen LogP contribution in [0.3, 0.4) is 0 Å². The molecule has 0 heterocycles. The lowest BCUT2D eigenvalue weighted by atomic mass is 10.1. The lowest BCUT2D eigenvalue weighted by Gasteiger charge is -2.23. The topological polar surface area (TPSA) is 182 Å². The Kier molecular flexibility index (Phi) is 29.1. The molecule has 14 heteroatoms. The fraction of sp³-hybridized carbons (Fsp3) is 0.352. The quantitative estimate of drug-likeness (QED) is 0.0246. The summed E-state index contributed by atoms with van der Waals surface area (Å²) in [4.78, 5) is 50.2. The molecule has 0 atom stereocenters.